The van der Waals surface area contributed by atoms with Gasteiger partial charge in [-0.1, -0.05) is 29.8 Å². The molecule has 2 atom stereocenters. The number of aromatic nitrogens is 2. The highest BCUT2D eigenvalue weighted by atomic mass is 16.8. The van der Waals surface area contributed by atoms with Gasteiger partial charge in [0.15, 0.2) is 0 Å². The largest absolute Gasteiger partial charge is 0.491 e. The van der Waals surface area contributed by atoms with Crippen LogP contribution in [0.2, 0.25) is 0 Å². The van der Waals surface area contributed by atoms with Crippen LogP contribution in [0, 0.1) is 6.92 Å². The van der Waals surface area contributed by atoms with Crippen molar-refractivity contribution in [1.29, 1.82) is 0 Å². The molecule has 1 aliphatic rings. The third kappa shape index (κ3) is 5.27. The summed E-state index contributed by atoms with van der Waals surface area (Å²) < 4.78 is 25.4. The Labute approximate surface area is 187 Å². The topological polar surface area (TPSA) is 83.8 Å². The first-order chi connectivity index (χ1) is 15.6. The molecule has 0 radical (unpaired) electrons. The predicted octanol–water partition coefficient (Wildman–Crippen LogP) is 4.11. The van der Waals surface area contributed by atoms with Crippen molar-refractivity contribution in [3.63, 3.8) is 0 Å². The molecule has 1 amide bonds. The lowest BCUT2D eigenvalue weighted by atomic mass is 10.0. The molecular formula is C24H27N3O5. The van der Waals surface area contributed by atoms with Crippen molar-refractivity contribution >= 4 is 11.8 Å². The Balaban J connectivity index is 1.40. The summed E-state index contributed by atoms with van der Waals surface area (Å²) in [6, 6.07) is 15.2. The molecule has 3 aromatic rings. The molecule has 32 heavy (non-hydrogen) atoms. The number of nitrogens with zero attached hydrogens (tertiary/aromatic N) is 2. The standard InChI is InChI=1S/C24H27N3O5/c1-3-29-23(28)26-20-7-9-21(10-8-20)30-14-22-15-31-24(32-22,16-27-12-11-25-17-27)19-6-4-5-18(2)13-19/h4-13,17,22H,3,14-16H2,1-2H3,(H,26,28). The molecule has 0 spiro atoms. The van der Waals surface area contributed by atoms with E-state index in [1.54, 1.807) is 43.7 Å². The Kier molecular flexibility index (Phi) is 6.72. The molecule has 1 fully saturated rings. The van der Waals surface area contributed by atoms with Crippen molar-refractivity contribution in [2.24, 2.45) is 0 Å². The highest BCUT2D eigenvalue weighted by molar-refractivity contribution is 5.84. The number of carbonyl (C=O) groups is 1. The van der Waals surface area contributed by atoms with Gasteiger partial charge in [-0.2, -0.15) is 0 Å². The molecule has 2 heterocycles. The van der Waals surface area contributed by atoms with Crippen LogP contribution < -0.4 is 10.1 Å². The lowest BCUT2D eigenvalue weighted by Crippen LogP contribution is -2.34. The molecule has 8 nitrogen and oxygen atoms in total. The number of carbonyl (C=O) groups excluding carboxylic acids is 1. The van der Waals surface area contributed by atoms with E-state index in [0.29, 0.717) is 37.8 Å². The zero-order chi connectivity index (χ0) is 22.4. The molecule has 0 saturated carbocycles. The smallest absolute Gasteiger partial charge is 0.411 e. The van der Waals surface area contributed by atoms with Gasteiger partial charge in [0, 0.05) is 23.6 Å². The maximum absolute atomic E-state index is 11.5. The van der Waals surface area contributed by atoms with Gasteiger partial charge in [-0.15, -0.1) is 0 Å². The minimum Gasteiger partial charge on any atom is -0.491 e. The molecular weight excluding hydrogens is 410 g/mol. The SMILES string of the molecule is CCOC(=O)Nc1ccc(OCC2COC(Cn3ccnc3)(c3cccc(C)c3)O2)cc1. The zero-order valence-corrected chi connectivity index (χ0v) is 18.2. The van der Waals surface area contributed by atoms with Gasteiger partial charge in [0.2, 0.25) is 5.79 Å². The zero-order valence-electron chi connectivity index (χ0n) is 18.2. The molecule has 1 aromatic heterocycles. The summed E-state index contributed by atoms with van der Waals surface area (Å²) in [6.45, 7) is 5.36. The molecule has 2 aromatic carbocycles. The van der Waals surface area contributed by atoms with E-state index in [9.17, 15) is 4.79 Å². The van der Waals surface area contributed by atoms with Crippen molar-refractivity contribution in [2.45, 2.75) is 32.3 Å². The lowest BCUT2D eigenvalue weighted by molar-refractivity contribution is -0.189. The van der Waals surface area contributed by atoms with Crippen LogP contribution in [0.1, 0.15) is 18.1 Å². The van der Waals surface area contributed by atoms with Crippen LogP contribution in [0.3, 0.4) is 0 Å². The van der Waals surface area contributed by atoms with Crippen LogP contribution in [-0.4, -0.2) is 41.6 Å². The summed E-state index contributed by atoms with van der Waals surface area (Å²) in [5.41, 5.74) is 2.73. The van der Waals surface area contributed by atoms with Crippen molar-refractivity contribution in [2.75, 3.05) is 25.1 Å². The van der Waals surface area contributed by atoms with Gasteiger partial charge in [-0.3, -0.25) is 5.32 Å². The Morgan fingerprint density at radius 2 is 2.12 bits per heavy atom. The van der Waals surface area contributed by atoms with Crippen LogP contribution in [0.4, 0.5) is 10.5 Å². The summed E-state index contributed by atoms with van der Waals surface area (Å²) in [4.78, 5) is 15.6. The van der Waals surface area contributed by atoms with Gasteiger partial charge in [0.25, 0.3) is 0 Å². The maximum Gasteiger partial charge on any atom is 0.411 e. The molecule has 1 saturated heterocycles. The minimum atomic E-state index is -0.909. The number of hydrogen-bond donors (Lipinski definition) is 1. The first-order valence-electron chi connectivity index (χ1n) is 10.6. The number of hydrogen-bond acceptors (Lipinski definition) is 6. The molecule has 8 heteroatoms. The first kappa shape index (κ1) is 21.9. The monoisotopic (exact) mass is 437 g/mol. The average Bonchev–Trinajstić information content (AvgIpc) is 3.44. The summed E-state index contributed by atoms with van der Waals surface area (Å²) in [6.07, 6.45) is 4.65. The van der Waals surface area contributed by atoms with E-state index in [1.165, 1.54) is 0 Å². The second-order valence-corrected chi connectivity index (χ2v) is 7.59. The summed E-state index contributed by atoms with van der Waals surface area (Å²) in [5, 5.41) is 2.65. The molecule has 1 N–H and O–H groups in total. The molecule has 168 valence electrons. The Morgan fingerprint density at radius 1 is 1.28 bits per heavy atom. The Hall–Kier alpha value is -3.36. The predicted molar refractivity (Wildman–Crippen MR) is 118 cm³/mol. The molecule has 0 bridgehead atoms. The third-order valence-corrected chi connectivity index (χ3v) is 5.08. The Bertz CT molecular complexity index is 1020. The van der Waals surface area contributed by atoms with E-state index in [2.05, 4.69) is 16.4 Å². The van der Waals surface area contributed by atoms with E-state index < -0.39 is 11.9 Å². The maximum atomic E-state index is 11.5. The van der Waals surface area contributed by atoms with Crippen LogP contribution in [0.25, 0.3) is 0 Å². The van der Waals surface area contributed by atoms with Gasteiger partial charge in [0.1, 0.15) is 18.5 Å². The van der Waals surface area contributed by atoms with E-state index in [-0.39, 0.29) is 6.10 Å². The van der Waals surface area contributed by atoms with Crippen LogP contribution in [0.5, 0.6) is 5.75 Å². The number of nitrogens with one attached hydrogen (secondary N) is 1. The molecule has 4 rings (SSSR count). The van der Waals surface area contributed by atoms with Crippen LogP contribution in [0.15, 0.2) is 67.3 Å². The number of ether oxygens (including phenoxy) is 4. The number of aryl methyl sites for hydroxylation is 1. The Morgan fingerprint density at radius 3 is 2.84 bits per heavy atom. The molecule has 1 aliphatic heterocycles. The second kappa shape index (κ2) is 9.84. The van der Waals surface area contributed by atoms with Gasteiger partial charge in [-0.05, 0) is 38.1 Å². The number of amides is 1. The van der Waals surface area contributed by atoms with Crippen LogP contribution >= 0.6 is 0 Å². The summed E-state index contributed by atoms with van der Waals surface area (Å²) in [7, 11) is 0. The van der Waals surface area contributed by atoms with Crippen LogP contribution in [-0.2, 0) is 26.5 Å². The van der Waals surface area contributed by atoms with Gasteiger partial charge >= 0.3 is 6.09 Å². The lowest BCUT2D eigenvalue weighted by Gasteiger charge is -2.29. The van der Waals surface area contributed by atoms with E-state index >= 15 is 0 Å². The van der Waals surface area contributed by atoms with E-state index in [0.717, 1.165) is 11.1 Å². The fourth-order valence-electron chi connectivity index (χ4n) is 3.58. The van der Waals surface area contributed by atoms with Gasteiger partial charge < -0.3 is 23.5 Å². The van der Waals surface area contributed by atoms with Crippen molar-refractivity contribution in [3.8, 4) is 5.75 Å². The highest BCUT2D eigenvalue weighted by Crippen LogP contribution is 2.36. The van der Waals surface area contributed by atoms with E-state index in [4.69, 9.17) is 18.9 Å². The number of rotatable bonds is 8. The molecule has 2 unspecified atom stereocenters. The van der Waals surface area contributed by atoms with E-state index in [1.807, 2.05) is 35.9 Å². The minimum absolute atomic E-state index is 0.239. The normalized spacial score (nSPS) is 20.1. The quantitative estimate of drug-likeness (QED) is 0.571. The van der Waals surface area contributed by atoms with Gasteiger partial charge in [0.05, 0.1) is 26.1 Å². The third-order valence-electron chi connectivity index (χ3n) is 5.08. The first-order valence-corrected chi connectivity index (χ1v) is 10.6. The fourth-order valence-corrected chi connectivity index (χ4v) is 3.58. The second-order valence-electron chi connectivity index (χ2n) is 7.59. The summed E-state index contributed by atoms with van der Waals surface area (Å²) >= 11 is 0. The highest BCUT2D eigenvalue weighted by Gasteiger charge is 2.44. The van der Waals surface area contributed by atoms with Crippen molar-refractivity contribution in [1.82, 2.24) is 9.55 Å². The summed E-state index contributed by atoms with van der Waals surface area (Å²) in [5.74, 6) is -0.237. The number of anilines is 1. The van der Waals surface area contributed by atoms with Crippen molar-refractivity contribution in [3.05, 3.63) is 78.4 Å². The number of benzene rings is 2. The number of imidazole rings is 1. The van der Waals surface area contributed by atoms with Gasteiger partial charge in [-0.25, -0.2) is 9.78 Å². The van der Waals surface area contributed by atoms with Crippen molar-refractivity contribution < 1.29 is 23.7 Å². The fraction of sp³-hybridized carbons (Fsp3) is 0.333. The average molecular weight is 437 g/mol. The molecule has 0 aliphatic carbocycles.